The number of rotatable bonds is 3. The molecule has 0 N–H and O–H groups in total. The van der Waals surface area contributed by atoms with Gasteiger partial charge in [-0.3, -0.25) is 4.79 Å². The first-order valence-corrected chi connectivity index (χ1v) is 7.44. The van der Waals surface area contributed by atoms with Gasteiger partial charge in [-0.2, -0.15) is 5.10 Å². The Labute approximate surface area is 133 Å². The van der Waals surface area contributed by atoms with Crippen LogP contribution in [0.5, 0.6) is 0 Å². The van der Waals surface area contributed by atoms with Crippen molar-refractivity contribution in [1.82, 2.24) is 9.78 Å². The van der Waals surface area contributed by atoms with Gasteiger partial charge in [-0.25, -0.2) is 4.68 Å². The lowest BCUT2D eigenvalue weighted by Gasteiger charge is -2.02. The van der Waals surface area contributed by atoms with Crippen LogP contribution in [0, 0.1) is 0 Å². The standard InChI is InChI=1S/C20H14N2O/c23-14-18-13-22(19-8-2-1-3-9-19)21-20(18)17-11-10-15-6-4-5-7-16(15)12-17/h1-14H. The van der Waals surface area contributed by atoms with Gasteiger partial charge in [-0.05, 0) is 29.0 Å². The number of hydrogen-bond donors (Lipinski definition) is 0. The predicted molar refractivity (Wildman–Crippen MR) is 91.9 cm³/mol. The minimum atomic E-state index is 0.587. The zero-order valence-electron chi connectivity index (χ0n) is 12.4. The number of carbonyl (C=O) groups is 1. The molecule has 0 spiro atoms. The Kier molecular flexibility index (Phi) is 3.24. The first-order chi connectivity index (χ1) is 11.3. The van der Waals surface area contributed by atoms with Gasteiger partial charge in [0.1, 0.15) is 5.69 Å². The maximum Gasteiger partial charge on any atom is 0.153 e. The predicted octanol–water partition coefficient (Wildman–Crippen LogP) is 4.51. The van der Waals surface area contributed by atoms with Crippen molar-refractivity contribution in [3.8, 4) is 16.9 Å². The van der Waals surface area contributed by atoms with Crippen LogP contribution in [0.2, 0.25) is 0 Å². The van der Waals surface area contributed by atoms with E-state index in [0.717, 1.165) is 22.9 Å². The zero-order valence-corrected chi connectivity index (χ0v) is 12.4. The largest absolute Gasteiger partial charge is 0.298 e. The second-order valence-electron chi connectivity index (χ2n) is 5.39. The normalized spacial score (nSPS) is 10.8. The molecule has 0 aliphatic heterocycles. The van der Waals surface area contributed by atoms with Crippen LogP contribution >= 0.6 is 0 Å². The van der Waals surface area contributed by atoms with Crippen LogP contribution in [0.25, 0.3) is 27.7 Å². The number of fused-ring (bicyclic) bond motifs is 1. The molecule has 0 atom stereocenters. The maximum atomic E-state index is 11.5. The number of carbonyl (C=O) groups excluding carboxylic acids is 1. The van der Waals surface area contributed by atoms with E-state index in [0.29, 0.717) is 11.3 Å². The van der Waals surface area contributed by atoms with E-state index in [9.17, 15) is 4.79 Å². The Morgan fingerprint density at radius 2 is 1.57 bits per heavy atom. The van der Waals surface area contributed by atoms with Crippen molar-refractivity contribution in [3.63, 3.8) is 0 Å². The molecule has 23 heavy (non-hydrogen) atoms. The summed E-state index contributed by atoms with van der Waals surface area (Å²) in [5.74, 6) is 0. The third-order valence-electron chi connectivity index (χ3n) is 3.91. The van der Waals surface area contributed by atoms with Crippen LogP contribution < -0.4 is 0 Å². The van der Waals surface area contributed by atoms with Crippen LogP contribution in [-0.4, -0.2) is 16.1 Å². The van der Waals surface area contributed by atoms with Gasteiger partial charge in [-0.15, -0.1) is 0 Å². The highest BCUT2D eigenvalue weighted by atomic mass is 16.1. The molecule has 0 unspecified atom stereocenters. The van der Waals surface area contributed by atoms with Crippen molar-refractivity contribution in [3.05, 3.63) is 84.6 Å². The molecule has 3 nitrogen and oxygen atoms in total. The Morgan fingerprint density at radius 3 is 2.35 bits per heavy atom. The summed E-state index contributed by atoms with van der Waals surface area (Å²) in [6.45, 7) is 0. The van der Waals surface area contributed by atoms with Crippen LogP contribution in [0.1, 0.15) is 10.4 Å². The molecular weight excluding hydrogens is 284 g/mol. The molecule has 0 aliphatic rings. The molecule has 0 radical (unpaired) electrons. The summed E-state index contributed by atoms with van der Waals surface area (Å²) in [7, 11) is 0. The van der Waals surface area contributed by atoms with E-state index in [1.54, 1.807) is 10.9 Å². The Balaban J connectivity index is 1.86. The molecule has 4 rings (SSSR count). The molecule has 0 aliphatic carbocycles. The minimum Gasteiger partial charge on any atom is -0.298 e. The van der Waals surface area contributed by atoms with Gasteiger partial charge >= 0.3 is 0 Å². The van der Waals surface area contributed by atoms with E-state index in [4.69, 9.17) is 0 Å². The van der Waals surface area contributed by atoms with Gasteiger partial charge < -0.3 is 0 Å². The molecule has 0 fully saturated rings. The number of benzene rings is 3. The smallest absolute Gasteiger partial charge is 0.153 e. The van der Waals surface area contributed by atoms with Crippen molar-refractivity contribution in [2.45, 2.75) is 0 Å². The summed E-state index contributed by atoms with van der Waals surface area (Å²) in [5.41, 5.74) is 3.17. The van der Waals surface area contributed by atoms with Crippen molar-refractivity contribution in [1.29, 1.82) is 0 Å². The first-order valence-electron chi connectivity index (χ1n) is 7.44. The molecular formula is C20H14N2O. The fourth-order valence-electron chi connectivity index (χ4n) is 2.75. The van der Waals surface area contributed by atoms with Crippen molar-refractivity contribution < 1.29 is 4.79 Å². The Hall–Kier alpha value is -3.20. The topological polar surface area (TPSA) is 34.9 Å². The SMILES string of the molecule is O=Cc1cn(-c2ccccc2)nc1-c1ccc2ccccc2c1. The van der Waals surface area contributed by atoms with Crippen LogP contribution in [0.4, 0.5) is 0 Å². The third kappa shape index (κ3) is 2.42. The molecule has 3 aromatic carbocycles. The number of nitrogens with zero attached hydrogens (tertiary/aromatic N) is 2. The average molecular weight is 298 g/mol. The summed E-state index contributed by atoms with van der Waals surface area (Å²) >= 11 is 0. The van der Waals surface area contributed by atoms with Gasteiger partial charge in [0.2, 0.25) is 0 Å². The average Bonchev–Trinajstić information content (AvgIpc) is 3.06. The summed E-state index contributed by atoms with van der Waals surface area (Å²) in [6, 6.07) is 24.1. The van der Waals surface area contributed by atoms with E-state index < -0.39 is 0 Å². The summed E-state index contributed by atoms with van der Waals surface area (Å²) in [5, 5.41) is 6.92. The van der Waals surface area contributed by atoms with Crippen LogP contribution in [0.15, 0.2) is 79.0 Å². The molecule has 0 saturated carbocycles. The molecule has 3 heteroatoms. The number of para-hydroxylation sites is 1. The number of aromatic nitrogens is 2. The molecule has 0 amide bonds. The number of hydrogen-bond acceptors (Lipinski definition) is 2. The molecule has 4 aromatic rings. The van der Waals surface area contributed by atoms with Crippen molar-refractivity contribution in [2.75, 3.05) is 0 Å². The van der Waals surface area contributed by atoms with Crippen molar-refractivity contribution >= 4 is 17.1 Å². The molecule has 110 valence electrons. The third-order valence-corrected chi connectivity index (χ3v) is 3.91. The lowest BCUT2D eigenvalue weighted by molar-refractivity contribution is 0.112. The fraction of sp³-hybridized carbons (Fsp3) is 0. The van der Waals surface area contributed by atoms with Crippen molar-refractivity contribution in [2.24, 2.45) is 0 Å². The molecule has 0 saturated heterocycles. The quantitative estimate of drug-likeness (QED) is 0.522. The van der Waals surface area contributed by atoms with Gasteiger partial charge in [0.25, 0.3) is 0 Å². The molecule has 1 aromatic heterocycles. The van der Waals surface area contributed by atoms with Gasteiger partial charge in [0, 0.05) is 11.8 Å². The maximum absolute atomic E-state index is 11.5. The van der Waals surface area contributed by atoms with Gasteiger partial charge in [0.05, 0.1) is 11.3 Å². The zero-order chi connectivity index (χ0) is 15.6. The highest BCUT2D eigenvalue weighted by Crippen LogP contribution is 2.26. The second-order valence-corrected chi connectivity index (χ2v) is 5.39. The summed E-state index contributed by atoms with van der Waals surface area (Å²) in [6.07, 6.45) is 2.63. The van der Waals surface area contributed by atoms with Crippen LogP contribution in [-0.2, 0) is 0 Å². The summed E-state index contributed by atoms with van der Waals surface area (Å²) < 4.78 is 1.74. The van der Waals surface area contributed by atoms with E-state index in [2.05, 4.69) is 29.4 Å². The highest BCUT2D eigenvalue weighted by Gasteiger charge is 2.12. The molecule has 1 heterocycles. The molecule has 0 bridgehead atoms. The summed E-state index contributed by atoms with van der Waals surface area (Å²) in [4.78, 5) is 11.5. The minimum absolute atomic E-state index is 0.587. The highest BCUT2D eigenvalue weighted by molar-refractivity contribution is 5.91. The van der Waals surface area contributed by atoms with Gasteiger partial charge in [-0.1, -0.05) is 54.6 Å². The van der Waals surface area contributed by atoms with Gasteiger partial charge in [0.15, 0.2) is 6.29 Å². The van der Waals surface area contributed by atoms with E-state index >= 15 is 0 Å². The fourth-order valence-corrected chi connectivity index (χ4v) is 2.75. The Bertz CT molecular complexity index is 987. The Morgan fingerprint density at radius 1 is 0.826 bits per heavy atom. The lowest BCUT2D eigenvalue weighted by Crippen LogP contribution is -1.94. The first kappa shape index (κ1) is 13.5. The lowest BCUT2D eigenvalue weighted by atomic mass is 10.0. The number of aldehydes is 1. The monoisotopic (exact) mass is 298 g/mol. The van der Waals surface area contributed by atoms with Crippen LogP contribution in [0.3, 0.4) is 0 Å². The van der Waals surface area contributed by atoms with E-state index in [1.807, 2.05) is 48.5 Å². The second kappa shape index (κ2) is 5.54. The van der Waals surface area contributed by atoms with E-state index in [1.165, 1.54) is 5.39 Å². The van der Waals surface area contributed by atoms with E-state index in [-0.39, 0.29) is 0 Å².